The molecule has 0 aliphatic carbocycles. The highest BCUT2D eigenvalue weighted by Crippen LogP contribution is 1.93. The Morgan fingerprint density at radius 1 is 1.35 bits per heavy atom. The van der Waals surface area contributed by atoms with Crippen LogP contribution in [0.1, 0.15) is 13.8 Å². The van der Waals surface area contributed by atoms with Crippen LogP contribution in [0.3, 0.4) is 0 Å². The first-order chi connectivity index (χ1) is 7.93. The van der Waals surface area contributed by atoms with E-state index >= 15 is 0 Å². The average Bonchev–Trinajstić information content (AvgIpc) is 2.27. The zero-order valence-electron chi connectivity index (χ0n) is 10.4. The van der Waals surface area contributed by atoms with Gasteiger partial charge >= 0.3 is 5.97 Å². The summed E-state index contributed by atoms with van der Waals surface area (Å²) in [5.74, 6) is -1.74. The molecule has 1 atom stereocenters. The first kappa shape index (κ1) is 15.4. The molecule has 0 fully saturated rings. The summed E-state index contributed by atoms with van der Waals surface area (Å²) in [5, 5.41) is 2.53. The molecule has 0 bridgehead atoms. The fraction of sp³-hybridized carbons (Fsp3) is 0.700. The van der Waals surface area contributed by atoms with Crippen molar-refractivity contribution in [3.8, 4) is 0 Å². The highest BCUT2D eigenvalue weighted by Gasteiger charge is 2.27. The number of nitrogens with two attached hydrogens (primary N) is 1. The first-order valence-corrected chi connectivity index (χ1v) is 5.37. The van der Waals surface area contributed by atoms with Gasteiger partial charge in [-0.25, -0.2) is 4.79 Å². The summed E-state index contributed by atoms with van der Waals surface area (Å²) in [6.45, 7) is 3.88. The van der Waals surface area contributed by atoms with Gasteiger partial charge in [0.15, 0.2) is 6.04 Å². The lowest BCUT2D eigenvalue weighted by atomic mass is 10.2. The van der Waals surface area contributed by atoms with E-state index in [0.29, 0.717) is 6.54 Å². The minimum atomic E-state index is -1.38. The Kier molecular flexibility index (Phi) is 6.88. The maximum absolute atomic E-state index is 11.6. The molecule has 2 amide bonds. The summed E-state index contributed by atoms with van der Waals surface area (Å²) in [4.78, 5) is 35.1. The van der Waals surface area contributed by atoms with Crippen LogP contribution in [0.2, 0.25) is 0 Å². The Morgan fingerprint density at radius 2 is 1.94 bits per heavy atom. The lowest BCUT2D eigenvalue weighted by Crippen LogP contribution is -2.50. The van der Waals surface area contributed by atoms with Gasteiger partial charge in [0, 0.05) is 13.6 Å². The van der Waals surface area contributed by atoms with E-state index in [-0.39, 0.29) is 19.1 Å². The van der Waals surface area contributed by atoms with E-state index in [9.17, 15) is 14.4 Å². The highest BCUT2D eigenvalue weighted by molar-refractivity contribution is 6.02. The smallest absolute Gasteiger partial charge is 0.332 e. The maximum atomic E-state index is 11.6. The standard InChI is InChI=1S/C10H19N3O4/c1-4-12-7(14)6-13(3)9(15)8(11)10(16)17-5-2/h8H,4-6,11H2,1-3H3,(H,12,14). The molecule has 0 aromatic carbocycles. The van der Waals surface area contributed by atoms with Gasteiger partial charge in [0.05, 0.1) is 13.2 Å². The van der Waals surface area contributed by atoms with Crippen molar-refractivity contribution in [1.82, 2.24) is 10.2 Å². The second-order valence-electron chi connectivity index (χ2n) is 3.38. The SMILES string of the molecule is CCNC(=O)CN(C)C(=O)C(N)C(=O)OCC. The van der Waals surface area contributed by atoms with E-state index in [1.807, 2.05) is 0 Å². The van der Waals surface area contributed by atoms with Gasteiger partial charge in [-0.05, 0) is 13.8 Å². The van der Waals surface area contributed by atoms with E-state index in [2.05, 4.69) is 10.1 Å². The lowest BCUT2D eigenvalue weighted by molar-refractivity contribution is -0.151. The molecule has 0 saturated heterocycles. The molecule has 0 aliphatic rings. The minimum Gasteiger partial charge on any atom is -0.464 e. The third-order valence-electron chi connectivity index (χ3n) is 1.94. The number of likely N-dealkylation sites (N-methyl/N-ethyl adjacent to an activating group) is 2. The van der Waals surface area contributed by atoms with Crippen molar-refractivity contribution in [3.05, 3.63) is 0 Å². The van der Waals surface area contributed by atoms with Crippen LogP contribution in [0.5, 0.6) is 0 Å². The fourth-order valence-electron chi connectivity index (χ4n) is 1.12. The van der Waals surface area contributed by atoms with Gasteiger partial charge in [-0.3, -0.25) is 9.59 Å². The molecule has 3 N–H and O–H groups in total. The molecule has 7 nitrogen and oxygen atoms in total. The van der Waals surface area contributed by atoms with Crippen molar-refractivity contribution in [2.24, 2.45) is 5.73 Å². The van der Waals surface area contributed by atoms with Crippen LogP contribution in [0.25, 0.3) is 0 Å². The van der Waals surface area contributed by atoms with Gasteiger partial charge in [0.1, 0.15) is 0 Å². The van der Waals surface area contributed by atoms with Crippen LogP contribution in [0.4, 0.5) is 0 Å². The maximum Gasteiger partial charge on any atom is 0.332 e. The van der Waals surface area contributed by atoms with E-state index in [1.54, 1.807) is 13.8 Å². The molecule has 0 aliphatic heterocycles. The number of ether oxygens (including phenoxy) is 1. The Morgan fingerprint density at radius 3 is 2.41 bits per heavy atom. The van der Waals surface area contributed by atoms with Crippen molar-refractivity contribution in [2.75, 3.05) is 26.7 Å². The number of nitrogens with zero attached hydrogens (tertiary/aromatic N) is 1. The Hall–Kier alpha value is -1.63. The quantitative estimate of drug-likeness (QED) is 0.437. The topological polar surface area (TPSA) is 102 Å². The van der Waals surface area contributed by atoms with E-state index < -0.39 is 17.9 Å². The average molecular weight is 245 g/mol. The van der Waals surface area contributed by atoms with Gasteiger partial charge in [-0.15, -0.1) is 0 Å². The van der Waals surface area contributed by atoms with Gasteiger partial charge < -0.3 is 20.7 Å². The third-order valence-corrected chi connectivity index (χ3v) is 1.94. The fourth-order valence-corrected chi connectivity index (χ4v) is 1.12. The van der Waals surface area contributed by atoms with Crippen LogP contribution in [-0.4, -0.2) is 55.5 Å². The highest BCUT2D eigenvalue weighted by atomic mass is 16.5. The third kappa shape index (κ3) is 5.30. The molecule has 0 rings (SSSR count). The molecule has 0 aromatic rings. The van der Waals surface area contributed by atoms with Gasteiger partial charge in [-0.2, -0.15) is 0 Å². The summed E-state index contributed by atoms with van der Waals surface area (Å²) in [6, 6.07) is -1.38. The van der Waals surface area contributed by atoms with E-state index in [1.165, 1.54) is 7.05 Å². The number of hydrogen-bond acceptors (Lipinski definition) is 5. The van der Waals surface area contributed by atoms with Crippen molar-refractivity contribution in [3.63, 3.8) is 0 Å². The monoisotopic (exact) mass is 245 g/mol. The van der Waals surface area contributed by atoms with Crippen LogP contribution in [-0.2, 0) is 19.1 Å². The summed E-state index contributed by atoms with van der Waals surface area (Å²) in [6.07, 6.45) is 0. The van der Waals surface area contributed by atoms with Crippen LogP contribution in [0, 0.1) is 0 Å². The molecular formula is C10H19N3O4. The van der Waals surface area contributed by atoms with Crippen molar-refractivity contribution in [2.45, 2.75) is 19.9 Å². The van der Waals surface area contributed by atoms with E-state index in [0.717, 1.165) is 4.90 Å². The largest absolute Gasteiger partial charge is 0.464 e. The predicted molar refractivity (Wildman–Crippen MR) is 60.9 cm³/mol. The minimum absolute atomic E-state index is 0.139. The lowest BCUT2D eigenvalue weighted by Gasteiger charge is -2.19. The van der Waals surface area contributed by atoms with Crippen LogP contribution >= 0.6 is 0 Å². The zero-order valence-corrected chi connectivity index (χ0v) is 10.4. The van der Waals surface area contributed by atoms with Crippen LogP contribution in [0.15, 0.2) is 0 Å². The first-order valence-electron chi connectivity index (χ1n) is 5.37. The zero-order chi connectivity index (χ0) is 13.4. The van der Waals surface area contributed by atoms with Gasteiger partial charge in [0.25, 0.3) is 5.91 Å². The Balaban J connectivity index is 4.29. The molecule has 98 valence electrons. The van der Waals surface area contributed by atoms with E-state index in [4.69, 9.17) is 5.73 Å². The second kappa shape index (κ2) is 7.61. The molecule has 0 heterocycles. The number of amides is 2. The predicted octanol–water partition coefficient (Wildman–Crippen LogP) is -1.53. The molecule has 1 unspecified atom stereocenters. The van der Waals surface area contributed by atoms with Crippen LogP contribution < -0.4 is 11.1 Å². The molecule has 0 aromatic heterocycles. The Labute approximate surface area is 100 Å². The molecule has 0 radical (unpaired) electrons. The summed E-state index contributed by atoms with van der Waals surface area (Å²) < 4.78 is 4.62. The Bertz CT molecular complexity index is 293. The van der Waals surface area contributed by atoms with Crippen molar-refractivity contribution >= 4 is 17.8 Å². The molecule has 7 heteroatoms. The molecule has 17 heavy (non-hydrogen) atoms. The normalized spacial score (nSPS) is 11.5. The number of nitrogens with one attached hydrogen (secondary N) is 1. The van der Waals surface area contributed by atoms with Gasteiger partial charge in [-0.1, -0.05) is 0 Å². The number of carbonyl (C=O) groups excluding carboxylic acids is 3. The van der Waals surface area contributed by atoms with Gasteiger partial charge in [0.2, 0.25) is 5.91 Å². The summed E-state index contributed by atoms with van der Waals surface area (Å²) in [7, 11) is 1.40. The molecular weight excluding hydrogens is 226 g/mol. The second-order valence-corrected chi connectivity index (χ2v) is 3.38. The molecule has 0 spiro atoms. The number of esters is 1. The van der Waals surface area contributed by atoms with Crippen molar-refractivity contribution in [1.29, 1.82) is 0 Å². The number of rotatable bonds is 6. The van der Waals surface area contributed by atoms with Crippen molar-refractivity contribution < 1.29 is 19.1 Å². The summed E-state index contributed by atoms with van der Waals surface area (Å²) in [5.41, 5.74) is 5.40. The number of carbonyl (C=O) groups is 3. The molecule has 0 saturated carbocycles. The summed E-state index contributed by atoms with van der Waals surface area (Å²) >= 11 is 0. The number of hydrogen-bond donors (Lipinski definition) is 2.